The van der Waals surface area contributed by atoms with E-state index >= 15 is 0 Å². The molecule has 1 aromatic carbocycles. The van der Waals surface area contributed by atoms with Gasteiger partial charge in [0, 0.05) is 6.61 Å². The van der Waals surface area contributed by atoms with Gasteiger partial charge >= 0.3 is 0 Å². The molecule has 0 spiro atoms. The summed E-state index contributed by atoms with van der Waals surface area (Å²) in [5, 5.41) is 9.10. The average Bonchev–Trinajstić information content (AvgIpc) is 2.80. The van der Waals surface area contributed by atoms with Crippen LogP contribution < -0.4 is 4.74 Å². The Balaban J connectivity index is 1.62. The first-order valence-corrected chi connectivity index (χ1v) is 5.88. The van der Waals surface area contributed by atoms with Gasteiger partial charge in [-0.3, -0.25) is 0 Å². The normalized spacial score (nSPS) is 19.9. The molecular weight excluding hydrogens is 204 g/mol. The van der Waals surface area contributed by atoms with Gasteiger partial charge in [-0.2, -0.15) is 0 Å². The maximum absolute atomic E-state index is 9.10. The fourth-order valence-electron chi connectivity index (χ4n) is 1.92. The van der Waals surface area contributed by atoms with Crippen LogP contribution in [-0.2, 0) is 4.74 Å². The van der Waals surface area contributed by atoms with Crippen molar-refractivity contribution in [1.82, 2.24) is 0 Å². The molecule has 0 radical (unpaired) electrons. The summed E-state index contributed by atoms with van der Waals surface area (Å²) in [5.74, 6) is 1.08. The van der Waals surface area contributed by atoms with Gasteiger partial charge in [-0.15, -0.1) is 0 Å². The van der Waals surface area contributed by atoms with E-state index in [2.05, 4.69) is 0 Å². The second-order valence-corrected chi connectivity index (χ2v) is 4.12. The van der Waals surface area contributed by atoms with E-state index in [1.807, 2.05) is 0 Å². The van der Waals surface area contributed by atoms with Crippen molar-refractivity contribution in [3.8, 4) is 11.5 Å². The van der Waals surface area contributed by atoms with E-state index in [0.717, 1.165) is 25.2 Å². The Hall–Kier alpha value is -1.22. The molecule has 3 nitrogen and oxygen atoms in total. The molecule has 1 N–H and O–H groups in total. The van der Waals surface area contributed by atoms with E-state index in [4.69, 9.17) is 14.6 Å². The van der Waals surface area contributed by atoms with Gasteiger partial charge in [0.1, 0.15) is 11.5 Å². The van der Waals surface area contributed by atoms with Gasteiger partial charge < -0.3 is 14.6 Å². The van der Waals surface area contributed by atoms with Gasteiger partial charge in [-0.25, -0.2) is 0 Å². The highest BCUT2D eigenvalue weighted by atomic mass is 16.5. The minimum absolute atomic E-state index is 0.270. The van der Waals surface area contributed by atoms with Crippen LogP contribution in [0.3, 0.4) is 0 Å². The summed E-state index contributed by atoms with van der Waals surface area (Å²) in [6.45, 7) is 1.63. The second-order valence-electron chi connectivity index (χ2n) is 4.12. The molecule has 0 aromatic heterocycles. The summed E-state index contributed by atoms with van der Waals surface area (Å²) in [6.07, 6.45) is 4.94. The van der Waals surface area contributed by atoms with Crippen LogP contribution in [0.5, 0.6) is 11.5 Å². The second kappa shape index (κ2) is 5.75. The summed E-state index contributed by atoms with van der Waals surface area (Å²) in [4.78, 5) is 0. The zero-order valence-corrected chi connectivity index (χ0v) is 9.39. The summed E-state index contributed by atoms with van der Waals surface area (Å²) < 4.78 is 11.1. The first-order valence-electron chi connectivity index (χ1n) is 5.88. The number of aromatic hydroxyl groups is 1. The van der Waals surface area contributed by atoms with Crippen LogP contribution in [0.4, 0.5) is 0 Å². The third-order valence-corrected chi connectivity index (χ3v) is 2.80. The van der Waals surface area contributed by atoms with Gasteiger partial charge in [0.2, 0.25) is 0 Å². The molecule has 1 aliphatic heterocycles. The largest absolute Gasteiger partial charge is 0.508 e. The van der Waals surface area contributed by atoms with Crippen molar-refractivity contribution < 1.29 is 14.6 Å². The lowest BCUT2D eigenvalue weighted by molar-refractivity contribution is 0.0981. The van der Waals surface area contributed by atoms with Gasteiger partial charge in [0.15, 0.2) is 0 Å². The van der Waals surface area contributed by atoms with Gasteiger partial charge in [0.25, 0.3) is 0 Å². The summed E-state index contributed by atoms with van der Waals surface area (Å²) in [5.41, 5.74) is 0. The number of hydrogen-bond acceptors (Lipinski definition) is 3. The van der Waals surface area contributed by atoms with Crippen LogP contribution in [0.2, 0.25) is 0 Å². The van der Waals surface area contributed by atoms with Crippen molar-refractivity contribution in [2.45, 2.75) is 31.8 Å². The van der Waals surface area contributed by atoms with E-state index in [0.29, 0.717) is 12.7 Å². The number of rotatable bonds is 5. The third kappa shape index (κ3) is 3.42. The molecule has 1 heterocycles. The predicted octanol–water partition coefficient (Wildman–Crippen LogP) is 2.73. The lowest BCUT2D eigenvalue weighted by Crippen LogP contribution is -2.07. The Labute approximate surface area is 96.0 Å². The van der Waals surface area contributed by atoms with Crippen LogP contribution in [0.1, 0.15) is 25.7 Å². The number of phenolic OH excluding ortho intramolecular Hbond substituents is 1. The van der Waals surface area contributed by atoms with Crippen LogP contribution in [-0.4, -0.2) is 24.4 Å². The highest BCUT2D eigenvalue weighted by Crippen LogP contribution is 2.18. The van der Waals surface area contributed by atoms with Crippen molar-refractivity contribution in [2.75, 3.05) is 13.2 Å². The predicted molar refractivity (Wildman–Crippen MR) is 61.8 cm³/mol. The molecule has 16 heavy (non-hydrogen) atoms. The SMILES string of the molecule is Oc1ccc(OCCCC2CCCO2)cc1. The molecule has 0 aliphatic carbocycles. The molecule has 1 aliphatic rings. The van der Waals surface area contributed by atoms with E-state index in [1.165, 1.54) is 12.8 Å². The Morgan fingerprint density at radius 1 is 1.31 bits per heavy atom. The molecule has 0 amide bonds. The maximum Gasteiger partial charge on any atom is 0.119 e. The maximum atomic E-state index is 9.10. The molecule has 88 valence electrons. The molecule has 1 atom stereocenters. The minimum atomic E-state index is 0.270. The van der Waals surface area contributed by atoms with Crippen molar-refractivity contribution in [2.24, 2.45) is 0 Å². The van der Waals surface area contributed by atoms with Crippen LogP contribution in [0, 0.1) is 0 Å². The molecule has 1 unspecified atom stereocenters. The molecule has 0 saturated carbocycles. The van der Waals surface area contributed by atoms with Crippen molar-refractivity contribution >= 4 is 0 Å². The Morgan fingerprint density at radius 3 is 2.81 bits per heavy atom. The standard InChI is InChI=1S/C13H18O3/c14-11-5-7-13(8-6-11)16-10-2-4-12-3-1-9-15-12/h5-8,12,14H,1-4,9-10H2. The third-order valence-electron chi connectivity index (χ3n) is 2.80. The first-order chi connectivity index (χ1) is 7.84. The molecule has 1 saturated heterocycles. The molecule has 3 heteroatoms. The van der Waals surface area contributed by atoms with Gasteiger partial charge in [-0.05, 0) is 49.9 Å². The Morgan fingerprint density at radius 2 is 2.12 bits per heavy atom. The summed E-state index contributed by atoms with van der Waals surface area (Å²) >= 11 is 0. The Kier molecular flexibility index (Phi) is 4.05. The lowest BCUT2D eigenvalue weighted by atomic mass is 10.1. The van der Waals surface area contributed by atoms with E-state index in [-0.39, 0.29) is 5.75 Å². The molecule has 2 rings (SSSR count). The smallest absolute Gasteiger partial charge is 0.119 e. The van der Waals surface area contributed by atoms with Crippen LogP contribution >= 0.6 is 0 Å². The van der Waals surface area contributed by atoms with Crippen molar-refractivity contribution in [3.05, 3.63) is 24.3 Å². The van der Waals surface area contributed by atoms with E-state index in [9.17, 15) is 0 Å². The fraction of sp³-hybridized carbons (Fsp3) is 0.538. The highest BCUT2D eigenvalue weighted by Gasteiger charge is 2.14. The number of phenols is 1. The summed E-state index contributed by atoms with van der Waals surface area (Å²) in [7, 11) is 0. The van der Waals surface area contributed by atoms with E-state index in [1.54, 1.807) is 24.3 Å². The van der Waals surface area contributed by atoms with Gasteiger partial charge in [-0.1, -0.05) is 0 Å². The van der Waals surface area contributed by atoms with Crippen molar-refractivity contribution in [1.29, 1.82) is 0 Å². The molecule has 1 aromatic rings. The first kappa shape index (κ1) is 11.3. The Bertz CT molecular complexity index is 301. The number of benzene rings is 1. The number of ether oxygens (including phenoxy) is 2. The average molecular weight is 222 g/mol. The lowest BCUT2D eigenvalue weighted by Gasteiger charge is -2.09. The molecule has 1 fully saturated rings. The zero-order valence-electron chi connectivity index (χ0n) is 9.39. The van der Waals surface area contributed by atoms with Crippen LogP contribution in [0.15, 0.2) is 24.3 Å². The summed E-state index contributed by atoms with van der Waals surface area (Å²) in [6, 6.07) is 6.83. The van der Waals surface area contributed by atoms with E-state index < -0.39 is 0 Å². The topological polar surface area (TPSA) is 38.7 Å². The quantitative estimate of drug-likeness (QED) is 0.778. The number of hydrogen-bond donors (Lipinski definition) is 1. The van der Waals surface area contributed by atoms with Crippen LogP contribution in [0.25, 0.3) is 0 Å². The fourth-order valence-corrected chi connectivity index (χ4v) is 1.92. The zero-order chi connectivity index (χ0) is 11.2. The molecule has 0 bridgehead atoms. The van der Waals surface area contributed by atoms with Crippen molar-refractivity contribution in [3.63, 3.8) is 0 Å². The minimum Gasteiger partial charge on any atom is -0.508 e. The molecular formula is C13H18O3. The highest BCUT2D eigenvalue weighted by molar-refractivity contribution is 5.29. The monoisotopic (exact) mass is 222 g/mol. The van der Waals surface area contributed by atoms with Gasteiger partial charge in [0.05, 0.1) is 12.7 Å².